The van der Waals surface area contributed by atoms with Crippen molar-refractivity contribution in [2.24, 2.45) is 5.92 Å². The van der Waals surface area contributed by atoms with Crippen LogP contribution >= 0.6 is 11.3 Å². The molecule has 0 spiro atoms. The molecular weight excluding hydrogens is 490 g/mol. The summed E-state index contributed by atoms with van der Waals surface area (Å²) in [5.41, 5.74) is 15.0. The smallest absolute Gasteiger partial charge is 0.0537 e. The Labute approximate surface area is 233 Å². The van der Waals surface area contributed by atoms with E-state index in [0.717, 1.165) is 25.7 Å². The number of fused-ring (bicyclic) bond motifs is 8. The molecule has 0 saturated heterocycles. The SMILES string of the molecule is C1=CCC2C(=C1)CC1=C2C=C(c2ccc3c4c(sc3c2)CCC=C4n2c3c(c4ccccc42)CCC=C3)CC1. The summed E-state index contributed by atoms with van der Waals surface area (Å²) in [5.74, 6) is 0.627. The number of aromatic nitrogens is 1. The van der Waals surface area contributed by atoms with E-state index in [4.69, 9.17) is 0 Å². The van der Waals surface area contributed by atoms with Crippen LogP contribution in [0.3, 0.4) is 0 Å². The van der Waals surface area contributed by atoms with Crippen molar-refractivity contribution in [1.29, 1.82) is 0 Å². The van der Waals surface area contributed by atoms with Crippen molar-refractivity contribution in [1.82, 2.24) is 4.57 Å². The van der Waals surface area contributed by atoms with E-state index in [9.17, 15) is 0 Å². The minimum atomic E-state index is 0.627. The third-order valence-electron chi connectivity index (χ3n) is 9.69. The maximum atomic E-state index is 2.57. The summed E-state index contributed by atoms with van der Waals surface area (Å²) in [7, 11) is 0. The van der Waals surface area contributed by atoms with Crippen LogP contribution in [0.15, 0.2) is 95.6 Å². The quantitative estimate of drug-likeness (QED) is 0.247. The number of aryl methyl sites for hydroxylation is 2. The number of rotatable bonds is 2. The average Bonchev–Trinajstić information content (AvgIpc) is 3.66. The zero-order chi connectivity index (χ0) is 25.5. The van der Waals surface area contributed by atoms with Crippen molar-refractivity contribution in [3.8, 4) is 0 Å². The number of nitrogens with zero attached hydrogens (tertiary/aromatic N) is 1. The van der Waals surface area contributed by atoms with E-state index in [2.05, 4.69) is 89.6 Å². The number of thiophene rings is 1. The first kappa shape index (κ1) is 22.2. The van der Waals surface area contributed by atoms with Gasteiger partial charge < -0.3 is 4.57 Å². The Morgan fingerprint density at radius 3 is 2.87 bits per heavy atom. The Hall–Kier alpha value is -3.62. The first-order chi connectivity index (χ1) is 19.3. The third-order valence-corrected chi connectivity index (χ3v) is 10.9. The fourth-order valence-electron chi connectivity index (χ4n) is 7.88. The second kappa shape index (κ2) is 8.44. The van der Waals surface area contributed by atoms with Crippen molar-refractivity contribution in [3.05, 3.63) is 123 Å². The van der Waals surface area contributed by atoms with Crippen LogP contribution < -0.4 is 0 Å². The molecule has 39 heavy (non-hydrogen) atoms. The minimum absolute atomic E-state index is 0.627. The minimum Gasteiger partial charge on any atom is -0.309 e. The Bertz CT molecular complexity index is 1910. The van der Waals surface area contributed by atoms with E-state index < -0.39 is 0 Å². The van der Waals surface area contributed by atoms with Crippen LogP contribution in [0.25, 0.3) is 38.3 Å². The summed E-state index contributed by atoms with van der Waals surface area (Å²) in [6, 6.07) is 16.4. The molecule has 0 saturated carbocycles. The number of hydrogen-bond donors (Lipinski definition) is 0. The highest BCUT2D eigenvalue weighted by Gasteiger charge is 2.31. The van der Waals surface area contributed by atoms with E-state index in [-0.39, 0.29) is 0 Å². The van der Waals surface area contributed by atoms with Crippen LogP contribution in [0.5, 0.6) is 0 Å². The lowest BCUT2D eigenvalue weighted by Gasteiger charge is -2.21. The summed E-state index contributed by atoms with van der Waals surface area (Å²) in [6.07, 6.45) is 26.1. The Morgan fingerprint density at radius 1 is 0.897 bits per heavy atom. The molecule has 2 heteroatoms. The number of para-hydroxylation sites is 1. The molecular formula is C37H31NS. The molecule has 0 aliphatic heterocycles. The van der Waals surface area contributed by atoms with Crippen LogP contribution in [0, 0.1) is 5.92 Å². The standard InChI is InChI=1S/C37H31NS/c1-2-9-27-25(8-1)20-26-17-16-23(21-31(26)27)24-18-19-30-36(22-24)39-35-15-7-14-34(37(30)35)38-32-12-5-3-10-28(32)29-11-4-6-13-33(29)38/h1-3,5-6,8,10,12-14,18-19,21-22,27H,4,7,9,11,15-17,20H2. The fraction of sp³-hybridized carbons (Fsp3) is 0.243. The van der Waals surface area contributed by atoms with Crippen LogP contribution in [-0.4, -0.2) is 4.57 Å². The van der Waals surface area contributed by atoms with Gasteiger partial charge in [-0.2, -0.15) is 0 Å². The Balaban J connectivity index is 1.16. The van der Waals surface area contributed by atoms with Crippen LogP contribution in [0.4, 0.5) is 0 Å². The fourth-order valence-corrected chi connectivity index (χ4v) is 9.15. The largest absolute Gasteiger partial charge is 0.309 e. The average molecular weight is 522 g/mol. The second-order valence-electron chi connectivity index (χ2n) is 11.8. The molecule has 1 nitrogen and oxygen atoms in total. The molecule has 190 valence electrons. The number of allylic oxidation sites excluding steroid dienone is 10. The zero-order valence-corrected chi connectivity index (χ0v) is 23.0. The van der Waals surface area contributed by atoms with Gasteiger partial charge in [0.05, 0.1) is 11.2 Å². The lowest BCUT2D eigenvalue weighted by atomic mass is 9.85. The molecule has 5 aliphatic rings. The summed E-state index contributed by atoms with van der Waals surface area (Å²) in [4.78, 5) is 1.55. The highest BCUT2D eigenvalue weighted by Crippen LogP contribution is 2.49. The summed E-state index contributed by atoms with van der Waals surface area (Å²) in [6.45, 7) is 0. The van der Waals surface area contributed by atoms with E-state index in [0.29, 0.717) is 5.92 Å². The monoisotopic (exact) mass is 521 g/mol. The molecule has 5 aliphatic carbocycles. The highest BCUT2D eigenvalue weighted by molar-refractivity contribution is 7.19. The predicted octanol–water partition coefficient (Wildman–Crippen LogP) is 10.0. The second-order valence-corrected chi connectivity index (χ2v) is 12.9. The zero-order valence-electron chi connectivity index (χ0n) is 22.2. The van der Waals surface area contributed by atoms with Gasteiger partial charge in [-0.1, -0.05) is 77.9 Å². The van der Waals surface area contributed by atoms with Crippen LogP contribution in [-0.2, 0) is 12.8 Å². The van der Waals surface area contributed by atoms with Gasteiger partial charge in [-0.3, -0.25) is 0 Å². The normalized spacial score (nSPS) is 21.4. The molecule has 1 unspecified atom stereocenters. The van der Waals surface area contributed by atoms with Gasteiger partial charge in [-0.25, -0.2) is 0 Å². The van der Waals surface area contributed by atoms with Crippen molar-refractivity contribution >= 4 is 49.7 Å². The van der Waals surface area contributed by atoms with Crippen molar-refractivity contribution in [2.45, 2.75) is 51.4 Å². The van der Waals surface area contributed by atoms with E-state index in [1.165, 1.54) is 80.3 Å². The van der Waals surface area contributed by atoms with Gasteiger partial charge in [0.2, 0.25) is 0 Å². The Kier molecular flexibility index (Phi) is 4.81. The molecule has 0 fully saturated rings. The number of benzene rings is 2. The van der Waals surface area contributed by atoms with Gasteiger partial charge in [0.25, 0.3) is 0 Å². The van der Waals surface area contributed by atoms with Crippen molar-refractivity contribution < 1.29 is 0 Å². The van der Waals surface area contributed by atoms with E-state index in [1.807, 2.05) is 11.3 Å². The molecule has 4 aromatic rings. The van der Waals surface area contributed by atoms with Crippen LogP contribution in [0.2, 0.25) is 0 Å². The van der Waals surface area contributed by atoms with Crippen LogP contribution in [0.1, 0.15) is 65.8 Å². The van der Waals surface area contributed by atoms with Gasteiger partial charge >= 0.3 is 0 Å². The van der Waals surface area contributed by atoms with E-state index >= 15 is 0 Å². The Morgan fingerprint density at radius 2 is 1.87 bits per heavy atom. The molecule has 2 aromatic heterocycles. The summed E-state index contributed by atoms with van der Waals surface area (Å²) < 4.78 is 4.01. The third kappa shape index (κ3) is 3.25. The van der Waals surface area contributed by atoms with Crippen molar-refractivity contribution in [2.75, 3.05) is 0 Å². The summed E-state index contributed by atoms with van der Waals surface area (Å²) in [5, 5.41) is 2.85. The lowest BCUT2D eigenvalue weighted by Crippen LogP contribution is -2.07. The van der Waals surface area contributed by atoms with Gasteiger partial charge in [-0.05, 0) is 91.8 Å². The number of hydrogen-bond acceptors (Lipinski definition) is 1. The molecule has 1 atom stereocenters. The van der Waals surface area contributed by atoms with Gasteiger partial charge in [0.15, 0.2) is 0 Å². The molecule has 0 N–H and O–H groups in total. The predicted molar refractivity (Wildman–Crippen MR) is 167 cm³/mol. The topological polar surface area (TPSA) is 4.93 Å². The molecule has 2 aromatic carbocycles. The lowest BCUT2D eigenvalue weighted by molar-refractivity contribution is 0.750. The molecule has 2 heterocycles. The highest BCUT2D eigenvalue weighted by atomic mass is 32.1. The molecule has 9 rings (SSSR count). The van der Waals surface area contributed by atoms with Gasteiger partial charge in [0, 0.05) is 37.5 Å². The first-order valence-corrected chi connectivity index (χ1v) is 15.5. The maximum Gasteiger partial charge on any atom is 0.0537 e. The molecule has 0 amide bonds. The summed E-state index contributed by atoms with van der Waals surface area (Å²) >= 11 is 2.03. The van der Waals surface area contributed by atoms with Gasteiger partial charge in [0.1, 0.15) is 0 Å². The van der Waals surface area contributed by atoms with Gasteiger partial charge in [-0.15, -0.1) is 11.3 Å². The van der Waals surface area contributed by atoms with Crippen molar-refractivity contribution in [3.63, 3.8) is 0 Å². The first-order valence-electron chi connectivity index (χ1n) is 14.7. The van der Waals surface area contributed by atoms with E-state index in [1.54, 1.807) is 21.6 Å². The molecule has 0 radical (unpaired) electrons. The molecule has 0 bridgehead atoms. The maximum absolute atomic E-state index is 2.57.